The fourth-order valence-corrected chi connectivity index (χ4v) is 2.93. The first-order valence-corrected chi connectivity index (χ1v) is 5.76. The van der Waals surface area contributed by atoms with E-state index in [4.69, 9.17) is 0 Å². The van der Waals surface area contributed by atoms with E-state index in [1.807, 2.05) is 12.4 Å². The van der Waals surface area contributed by atoms with Crippen LogP contribution in [0.4, 0.5) is 5.69 Å². The topological polar surface area (TPSA) is 28.2 Å². The summed E-state index contributed by atoms with van der Waals surface area (Å²) in [5, 5.41) is 3.51. The van der Waals surface area contributed by atoms with Crippen molar-refractivity contribution < 1.29 is 0 Å². The monoisotopic (exact) mass is 275 g/mol. The zero-order valence-electron chi connectivity index (χ0n) is 9.93. The second-order valence-electron chi connectivity index (χ2n) is 4.61. The molecule has 0 saturated carbocycles. The number of nitrogens with zero attached hydrogens (tertiary/aromatic N) is 2. The van der Waals surface area contributed by atoms with Gasteiger partial charge < -0.3 is 10.2 Å². The molecule has 96 valence electrons. The molecule has 17 heavy (non-hydrogen) atoms. The normalized spacial score (nSPS) is 26.1. The lowest BCUT2D eigenvalue weighted by molar-refractivity contribution is 0.484. The van der Waals surface area contributed by atoms with Crippen LogP contribution in [-0.2, 0) is 0 Å². The Balaban J connectivity index is 0.000000722. The number of fused-ring (bicyclic) bond motifs is 2. The molecule has 2 atom stereocenters. The highest BCUT2D eigenvalue weighted by Gasteiger charge is 2.36. The van der Waals surface area contributed by atoms with Crippen LogP contribution in [0.3, 0.4) is 0 Å². The predicted octanol–water partition coefficient (Wildman–Crippen LogP) is 2.17. The minimum Gasteiger partial charge on any atom is -0.363 e. The Hall–Kier alpha value is -0.510. The van der Waals surface area contributed by atoms with Crippen molar-refractivity contribution in [3.8, 4) is 0 Å². The number of nitrogens with one attached hydrogen (secondary N) is 1. The van der Waals surface area contributed by atoms with Gasteiger partial charge in [-0.25, -0.2) is 0 Å². The highest BCUT2D eigenvalue weighted by Crippen LogP contribution is 2.33. The van der Waals surface area contributed by atoms with E-state index in [0.29, 0.717) is 12.1 Å². The van der Waals surface area contributed by atoms with Crippen LogP contribution in [0, 0.1) is 6.92 Å². The Kier molecular flexibility index (Phi) is 5.04. The van der Waals surface area contributed by atoms with Gasteiger partial charge in [0.1, 0.15) is 0 Å². The number of rotatable bonds is 1. The number of anilines is 1. The largest absolute Gasteiger partial charge is 0.363 e. The van der Waals surface area contributed by atoms with Crippen molar-refractivity contribution in [2.75, 3.05) is 18.0 Å². The number of pyridine rings is 1. The molecule has 1 N–H and O–H groups in total. The van der Waals surface area contributed by atoms with E-state index in [1.54, 1.807) is 0 Å². The van der Waals surface area contributed by atoms with Crippen LogP contribution in [-0.4, -0.2) is 30.2 Å². The molecule has 0 radical (unpaired) electrons. The molecule has 1 aromatic rings. The summed E-state index contributed by atoms with van der Waals surface area (Å²) in [6.07, 6.45) is 6.54. The van der Waals surface area contributed by atoms with Crippen molar-refractivity contribution in [1.29, 1.82) is 0 Å². The van der Waals surface area contributed by atoms with E-state index >= 15 is 0 Å². The molecule has 2 saturated heterocycles. The summed E-state index contributed by atoms with van der Waals surface area (Å²) in [6.45, 7) is 4.43. The van der Waals surface area contributed by atoms with Gasteiger partial charge in [0.25, 0.3) is 0 Å². The number of aromatic nitrogens is 1. The molecule has 5 heteroatoms. The first-order chi connectivity index (χ1) is 7.36. The average molecular weight is 276 g/mol. The molecule has 0 aromatic carbocycles. The van der Waals surface area contributed by atoms with Gasteiger partial charge in [0.15, 0.2) is 0 Å². The molecule has 0 aliphatic carbocycles. The first-order valence-electron chi connectivity index (χ1n) is 5.76. The second-order valence-corrected chi connectivity index (χ2v) is 4.61. The van der Waals surface area contributed by atoms with E-state index in [0.717, 1.165) is 13.1 Å². The SMILES string of the molecule is Cc1cnccc1N1C2CCC1CNC2.Cl.Cl. The standard InChI is InChI=1S/C12H17N3.2ClH/c1-9-6-13-5-4-12(9)15-10-2-3-11(15)8-14-7-10;;/h4-6,10-11,14H,2-3,7-8H2,1H3;2*1H. The number of halogens is 2. The Morgan fingerprint density at radius 2 is 1.88 bits per heavy atom. The molecule has 3 nitrogen and oxygen atoms in total. The third-order valence-corrected chi connectivity index (χ3v) is 3.65. The summed E-state index contributed by atoms with van der Waals surface area (Å²) >= 11 is 0. The van der Waals surface area contributed by atoms with Crippen molar-refractivity contribution in [3.63, 3.8) is 0 Å². The second kappa shape index (κ2) is 5.89. The lowest BCUT2D eigenvalue weighted by Crippen LogP contribution is -2.52. The third-order valence-electron chi connectivity index (χ3n) is 3.65. The summed E-state index contributed by atoms with van der Waals surface area (Å²) in [6, 6.07) is 3.56. The van der Waals surface area contributed by atoms with E-state index < -0.39 is 0 Å². The van der Waals surface area contributed by atoms with Crippen LogP contribution in [0.2, 0.25) is 0 Å². The smallest absolute Gasteiger partial charge is 0.0432 e. The molecule has 2 aliphatic rings. The van der Waals surface area contributed by atoms with Crippen LogP contribution in [0.25, 0.3) is 0 Å². The van der Waals surface area contributed by atoms with E-state index in [-0.39, 0.29) is 24.8 Å². The molecular weight excluding hydrogens is 257 g/mol. The lowest BCUT2D eigenvalue weighted by atomic mass is 10.1. The van der Waals surface area contributed by atoms with Gasteiger partial charge in [0, 0.05) is 43.3 Å². The molecule has 1 aromatic heterocycles. The molecule has 2 bridgehead atoms. The van der Waals surface area contributed by atoms with Crippen LogP contribution < -0.4 is 10.2 Å². The highest BCUT2D eigenvalue weighted by molar-refractivity contribution is 5.85. The Morgan fingerprint density at radius 3 is 2.47 bits per heavy atom. The van der Waals surface area contributed by atoms with Gasteiger partial charge in [-0.1, -0.05) is 0 Å². The van der Waals surface area contributed by atoms with Crippen LogP contribution in [0.5, 0.6) is 0 Å². The Morgan fingerprint density at radius 1 is 1.24 bits per heavy atom. The maximum atomic E-state index is 4.17. The van der Waals surface area contributed by atoms with Gasteiger partial charge in [-0.2, -0.15) is 0 Å². The van der Waals surface area contributed by atoms with Gasteiger partial charge in [-0.05, 0) is 31.4 Å². The van der Waals surface area contributed by atoms with Crippen LogP contribution in [0.15, 0.2) is 18.5 Å². The van der Waals surface area contributed by atoms with Crippen molar-refractivity contribution in [3.05, 3.63) is 24.0 Å². The minimum atomic E-state index is 0. The van der Waals surface area contributed by atoms with Crippen molar-refractivity contribution >= 4 is 30.5 Å². The van der Waals surface area contributed by atoms with E-state index in [9.17, 15) is 0 Å². The lowest BCUT2D eigenvalue weighted by Gasteiger charge is -2.38. The fraction of sp³-hybridized carbons (Fsp3) is 0.583. The zero-order valence-corrected chi connectivity index (χ0v) is 11.6. The van der Waals surface area contributed by atoms with E-state index in [1.165, 1.54) is 24.1 Å². The number of aryl methyl sites for hydroxylation is 1. The number of piperazine rings is 1. The average Bonchev–Trinajstić information content (AvgIpc) is 2.50. The zero-order chi connectivity index (χ0) is 10.3. The van der Waals surface area contributed by atoms with Crippen LogP contribution in [0.1, 0.15) is 18.4 Å². The predicted molar refractivity (Wildman–Crippen MR) is 75.6 cm³/mol. The Bertz CT molecular complexity index is 357. The van der Waals surface area contributed by atoms with Crippen molar-refractivity contribution in [2.24, 2.45) is 0 Å². The molecular formula is C12H19Cl2N3. The minimum absolute atomic E-state index is 0. The van der Waals surface area contributed by atoms with Crippen LogP contribution >= 0.6 is 24.8 Å². The summed E-state index contributed by atoms with van der Waals surface area (Å²) in [4.78, 5) is 6.77. The molecule has 3 rings (SSSR count). The van der Waals surface area contributed by atoms with Gasteiger partial charge >= 0.3 is 0 Å². The molecule has 2 fully saturated rings. The molecule has 2 unspecified atom stereocenters. The molecule has 0 amide bonds. The van der Waals surface area contributed by atoms with Gasteiger partial charge in [0.2, 0.25) is 0 Å². The number of hydrogen-bond acceptors (Lipinski definition) is 3. The summed E-state index contributed by atoms with van der Waals surface area (Å²) in [5.74, 6) is 0. The molecule has 2 aliphatic heterocycles. The molecule has 3 heterocycles. The molecule has 0 spiro atoms. The van der Waals surface area contributed by atoms with Gasteiger partial charge in [-0.15, -0.1) is 24.8 Å². The van der Waals surface area contributed by atoms with Gasteiger partial charge in [0.05, 0.1) is 0 Å². The highest BCUT2D eigenvalue weighted by atomic mass is 35.5. The maximum absolute atomic E-state index is 4.17. The van der Waals surface area contributed by atoms with Gasteiger partial charge in [-0.3, -0.25) is 4.98 Å². The number of hydrogen-bond donors (Lipinski definition) is 1. The Labute approximate surface area is 115 Å². The summed E-state index contributed by atoms with van der Waals surface area (Å²) in [7, 11) is 0. The summed E-state index contributed by atoms with van der Waals surface area (Å²) < 4.78 is 0. The quantitative estimate of drug-likeness (QED) is 0.852. The fourth-order valence-electron chi connectivity index (χ4n) is 2.93. The van der Waals surface area contributed by atoms with Crippen molar-refractivity contribution in [2.45, 2.75) is 31.8 Å². The van der Waals surface area contributed by atoms with Crippen molar-refractivity contribution in [1.82, 2.24) is 10.3 Å². The van der Waals surface area contributed by atoms with E-state index in [2.05, 4.69) is 28.2 Å². The maximum Gasteiger partial charge on any atom is 0.0432 e. The first kappa shape index (κ1) is 14.6. The summed E-state index contributed by atoms with van der Waals surface area (Å²) in [5.41, 5.74) is 2.69. The third kappa shape index (κ3) is 2.51.